The molecule has 0 aliphatic heterocycles. The van der Waals surface area contributed by atoms with Gasteiger partial charge in [-0.05, 0) is 6.42 Å². The van der Waals surface area contributed by atoms with Crippen LogP contribution in [0.15, 0.2) is 4.52 Å². The van der Waals surface area contributed by atoms with Crippen molar-refractivity contribution in [1.82, 2.24) is 10.1 Å². The lowest BCUT2D eigenvalue weighted by atomic mass is 9.96. The van der Waals surface area contributed by atoms with Crippen molar-refractivity contribution in [2.45, 2.75) is 51.7 Å². The van der Waals surface area contributed by atoms with Gasteiger partial charge in [0, 0.05) is 11.5 Å². The molecule has 1 aromatic rings. The number of aliphatic hydroxyl groups excluding tert-OH is 1. The third kappa shape index (κ3) is 2.76. The van der Waals surface area contributed by atoms with Gasteiger partial charge in [0.1, 0.15) is 6.10 Å². The van der Waals surface area contributed by atoms with Crippen molar-refractivity contribution < 1.29 is 9.63 Å². The highest BCUT2D eigenvalue weighted by molar-refractivity contribution is 5.02. The van der Waals surface area contributed by atoms with Crippen LogP contribution in [-0.2, 0) is 5.41 Å². The average Bonchev–Trinajstić information content (AvgIpc) is 2.63. The van der Waals surface area contributed by atoms with Crippen molar-refractivity contribution in [2.75, 3.05) is 0 Å². The maximum atomic E-state index is 9.75. The summed E-state index contributed by atoms with van der Waals surface area (Å²) in [4.78, 5) is 4.14. The molecule has 5 nitrogen and oxygen atoms in total. The Labute approximate surface area is 89.7 Å². The highest BCUT2D eigenvalue weighted by Gasteiger charge is 2.26. The maximum absolute atomic E-state index is 9.75. The van der Waals surface area contributed by atoms with Crippen LogP contribution in [0.1, 0.15) is 51.9 Å². The van der Waals surface area contributed by atoms with E-state index in [-0.39, 0.29) is 17.3 Å². The molecule has 5 heteroatoms. The molecule has 0 bridgehead atoms. The largest absolute Gasteiger partial charge is 0.382 e. The van der Waals surface area contributed by atoms with Crippen LogP contribution in [0, 0.1) is 0 Å². The van der Waals surface area contributed by atoms with Crippen LogP contribution in [0.3, 0.4) is 0 Å². The highest BCUT2D eigenvalue weighted by Crippen LogP contribution is 2.22. The van der Waals surface area contributed by atoms with Crippen LogP contribution in [-0.4, -0.2) is 21.3 Å². The first-order valence-electron chi connectivity index (χ1n) is 5.14. The summed E-state index contributed by atoms with van der Waals surface area (Å²) in [5.74, 6) is 0.786. The molecule has 0 spiro atoms. The lowest BCUT2D eigenvalue weighted by molar-refractivity contribution is 0.105. The number of rotatable bonds is 3. The summed E-state index contributed by atoms with van der Waals surface area (Å²) in [6.45, 7) is 7.84. The summed E-state index contributed by atoms with van der Waals surface area (Å²) < 4.78 is 4.98. The number of hydrogen-bond donors (Lipinski definition) is 2. The molecule has 0 aliphatic rings. The zero-order valence-corrected chi connectivity index (χ0v) is 9.69. The van der Waals surface area contributed by atoms with E-state index in [1.54, 1.807) is 0 Å². The van der Waals surface area contributed by atoms with Gasteiger partial charge in [-0.1, -0.05) is 32.9 Å². The Bertz CT molecular complexity index is 317. The monoisotopic (exact) mass is 213 g/mol. The van der Waals surface area contributed by atoms with Gasteiger partial charge in [0.05, 0.1) is 0 Å². The van der Waals surface area contributed by atoms with Gasteiger partial charge < -0.3 is 15.4 Å². The fourth-order valence-electron chi connectivity index (χ4n) is 1.07. The van der Waals surface area contributed by atoms with Gasteiger partial charge >= 0.3 is 0 Å². The second-order valence-corrected chi connectivity index (χ2v) is 4.72. The van der Waals surface area contributed by atoms with Gasteiger partial charge in [-0.25, -0.2) is 0 Å². The van der Waals surface area contributed by atoms with Crippen LogP contribution in [0.25, 0.3) is 0 Å². The molecule has 15 heavy (non-hydrogen) atoms. The number of hydrogen-bond acceptors (Lipinski definition) is 5. The van der Waals surface area contributed by atoms with E-state index in [1.807, 2.05) is 27.7 Å². The molecule has 3 N–H and O–H groups in total. The number of nitrogens with two attached hydrogens (primary N) is 1. The first-order chi connectivity index (χ1) is 6.86. The third-order valence-corrected chi connectivity index (χ3v) is 2.24. The first-order valence-corrected chi connectivity index (χ1v) is 5.14. The van der Waals surface area contributed by atoms with Gasteiger partial charge in [-0.2, -0.15) is 4.98 Å². The predicted molar refractivity (Wildman–Crippen MR) is 56.2 cm³/mol. The summed E-state index contributed by atoms with van der Waals surface area (Å²) in [5, 5.41) is 13.6. The maximum Gasteiger partial charge on any atom is 0.257 e. The molecule has 0 saturated carbocycles. The molecule has 0 aliphatic carbocycles. The molecule has 1 rings (SSSR count). The average molecular weight is 213 g/mol. The Morgan fingerprint density at radius 2 is 2.07 bits per heavy atom. The molecule has 2 atom stereocenters. The van der Waals surface area contributed by atoms with Gasteiger partial charge in [-0.15, -0.1) is 0 Å². The van der Waals surface area contributed by atoms with Crippen LogP contribution in [0.2, 0.25) is 0 Å². The Morgan fingerprint density at radius 1 is 1.47 bits per heavy atom. The molecule has 0 amide bonds. The standard InChI is InChI=1S/C10H19N3O2/c1-5-6(11)7(14)8-12-9(13-15-8)10(2,3)4/h6-7,14H,5,11H2,1-4H3/t6?,7-/m0/s1. The summed E-state index contributed by atoms with van der Waals surface area (Å²) in [7, 11) is 0. The van der Waals surface area contributed by atoms with Crippen molar-refractivity contribution >= 4 is 0 Å². The zero-order valence-electron chi connectivity index (χ0n) is 9.69. The van der Waals surface area contributed by atoms with Gasteiger partial charge in [-0.3, -0.25) is 0 Å². The summed E-state index contributed by atoms with van der Waals surface area (Å²) in [6, 6.07) is -0.363. The quantitative estimate of drug-likeness (QED) is 0.786. The second kappa shape index (κ2) is 4.28. The molecular weight excluding hydrogens is 194 g/mol. The number of nitrogens with zero attached hydrogens (tertiary/aromatic N) is 2. The van der Waals surface area contributed by atoms with E-state index in [1.165, 1.54) is 0 Å². The van der Waals surface area contributed by atoms with Crippen molar-refractivity contribution in [3.63, 3.8) is 0 Å². The minimum absolute atomic E-state index is 0.183. The topological polar surface area (TPSA) is 85.2 Å². The van der Waals surface area contributed by atoms with Gasteiger partial charge in [0.15, 0.2) is 5.82 Å². The van der Waals surface area contributed by atoms with E-state index >= 15 is 0 Å². The summed E-state index contributed by atoms with van der Waals surface area (Å²) >= 11 is 0. The minimum atomic E-state index is -0.876. The minimum Gasteiger partial charge on any atom is -0.382 e. The van der Waals surface area contributed by atoms with Gasteiger partial charge in [0.25, 0.3) is 5.89 Å². The fourth-order valence-corrected chi connectivity index (χ4v) is 1.07. The molecule has 0 radical (unpaired) electrons. The Morgan fingerprint density at radius 3 is 2.47 bits per heavy atom. The van der Waals surface area contributed by atoms with E-state index < -0.39 is 6.10 Å². The van der Waals surface area contributed by atoms with Crippen molar-refractivity contribution in [2.24, 2.45) is 5.73 Å². The molecule has 0 aromatic carbocycles. The highest BCUT2D eigenvalue weighted by atomic mass is 16.5. The van der Waals surface area contributed by atoms with Crippen LogP contribution in [0.4, 0.5) is 0 Å². The molecule has 1 heterocycles. The molecule has 1 aromatic heterocycles. The predicted octanol–water partition coefficient (Wildman–Crippen LogP) is 1.14. The SMILES string of the molecule is CCC(N)[C@H](O)c1nc(C(C)(C)C)no1. The first kappa shape index (κ1) is 12.1. The molecule has 0 fully saturated rings. The summed E-state index contributed by atoms with van der Waals surface area (Å²) in [6.07, 6.45) is -0.215. The smallest absolute Gasteiger partial charge is 0.257 e. The van der Waals surface area contributed by atoms with Crippen LogP contribution < -0.4 is 5.73 Å². The second-order valence-electron chi connectivity index (χ2n) is 4.72. The number of aliphatic hydroxyl groups is 1. The van der Waals surface area contributed by atoms with Crippen molar-refractivity contribution in [3.8, 4) is 0 Å². The lowest BCUT2D eigenvalue weighted by Gasteiger charge is -2.13. The summed E-state index contributed by atoms with van der Waals surface area (Å²) in [5.41, 5.74) is 5.51. The molecule has 86 valence electrons. The Hall–Kier alpha value is -0.940. The van der Waals surface area contributed by atoms with Gasteiger partial charge in [0.2, 0.25) is 0 Å². The van der Waals surface area contributed by atoms with E-state index in [9.17, 15) is 5.11 Å². The fraction of sp³-hybridized carbons (Fsp3) is 0.800. The van der Waals surface area contributed by atoms with E-state index in [4.69, 9.17) is 10.3 Å². The lowest BCUT2D eigenvalue weighted by Crippen LogP contribution is -2.27. The molecule has 0 saturated heterocycles. The Balaban J connectivity index is 2.85. The van der Waals surface area contributed by atoms with Crippen molar-refractivity contribution in [1.29, 1.82) is 0 Å². The van der Waals surface area contributed by atoms with E-state index in [2.05, 4.69) is 10.1 Å². The van der Waals surface area contributed by atoms with E-state index in [0.29, 0.717) is 12.2 Å². The zero-order chi connectivity index (χ0) is 11.6. The van der Waals surface area contributed by atoms with Crippen LogP contribution >= 0.6 is 0 Å². The number of aromatic nitrogens is 2. The molecule has 1 unspecified atom stereocenters. The van der Waals surface area contributed by atoms with Crippen molar-refractivity contribution in [3.05, 3.63) is 11.7 Å². The molecular formula is C10H19N3O2. The third-order valence-electron chi connectivity index (χ3n) is 2.24. The normalized spacial score (nSPS) is 16.4. The van der Waals surface area contributed by atoms with Crippen LogP contribution in [0.5, 0.6) is 0 Å². The van der Waals surface area contributed by atoms with E-state index in [0.717, 1.165) is 0 Å². The Kier molecular flexibility index (Phi) is 3.46.